The van der Waals surface area contributed by atoms with Gasteiger partial charge in [-0.1, -0.05) is 84.1 Å². The molecule has 170 valence electrons. The molecule has 0 aliphatic carbocycles. The van der Waals surface area contributed by atoms with Crippen molar-refractivity contribution >= 4 is 7.82 Å². The standard InChI is InChI=1S/C16H32O7.H3O4P/c1-3-5-6-7-8-9-10-11-12-13-14-15-16-18-20-22-23-21-19-17-4-2;1-5(2,3)4/h4H,2-3,5-16H2,1H3;(H3,1,2,3,4). The van der Waals surface area contributed by atoms with Gasteiger partial charge in [0.05, 0.1) is 6.61 Å². The number of hydrogen-bond donors (Lipinski definition) is 3. The van der Waals surface area contributed by atoms with Gasteiger partial charge in [-0.15, -0.1) is 0 Å². The third-order valence-electron chi connectivity index (χ3n) is 3.35. The molecule has 0 aromatic carbocycles. The highest BCUT2D eigenvalue weighted by atomic mass is 31.2. The first kappa shape index (κ1) is 29.6. The van der Waals surface area contributed by atoms with Crippen molar-refractivity contribution in [2.24, 2.45) is 0 Å². The van der Waals surface area contributed by atoms with Gasteiger partial charge < -0.3 is 19.6 Å². The molecule has 0 unspecified atom stereocenters. The summed E-state index contributed by atoms with van der Waals surface area (Å²) in [5.74, 6) is 0. The van der Waals surface area contributed by atoms with Gasteiger partial charge in [0, 0.05) is 15.1 Å². The van der Waals surface area contributed by atoms with E-state index >= 15 is 0 Å². The average Bonchev–Trinajstić information content (AvgIpc) is 2.62. The number of unbranched alkanes of at least 4 members (excludes halogenated alkanes) is 11. The van der Waals surface area contributed by atoms with E-state index in [0.717, 1.165) is 19.1 Å². The lowest BCUT2D eigenvalue weighted by Crippen LogP contribution is -2.01. The minimum absolute atomic E-state index is 0.421. The van der Waals surface area contributed by atoms with Crippen LogP contribution in [0, 0.1) is 0 Å². The first-order valence-corrected chi connectivity index (χ1v) is 11.0. The monoisotopic (exact) mass is 434 g/mol. The van der Waals surface area contributed by atoms with Gasteiger partial charge in [0.25, 0.3) is 0 Å². The molecule has 28 heavy (non-hydrogen) atoms. The van der Waals surface area contributed by atoms with Crippen molar-refractivity contribution in [2.75, 3.05) is 6.61 Å². The zero-order valence-electron chi connectivity index (χ0n) is 16.5. The van der Waals surface area contributed by atoms with E-state index in [1.807, 2.05) is 0 Å². The zero-order valence-corrected chi connectivity index (χ0v) is 17.4. The molecule has 0 atom stereocenters. The summed E-state index contributed by atoms with van der Waals surface area (Å²) in [6, 6.07) is 0. The molecule has 0 amide bonds. The second-order valence-electron chi connectivity index (χ2n) is 5.83. The highest BCUT2D eigenvalue weighted by molar-refractivity contribution is 7.45. The minimum atomic E-state index is -4.64. The van der Waals surface area contributed by atoms with Gasteiger partial charge in [-0.25, -0.2) is 9.45 Å². The van der Waals surface area contributed by atoms with E-state index in [9.17, 15) is 0 Å². The molecule has 0 saturated carbocycles. The van der Waals surface area contributed by atoms with Gasteiger partial charge in [0.1, 0.15) is 6.26 Å². The Balaban J connectivity index is 0. The number of hydrogen-bond acceptors (Lipinski definition) is 8. The Hall–Kier alpha value is -0.590. The van der Waals surface area contributed by atoms with Crippen LogP contribution >= 0.6 is 7.82 Å². The first-order valence-electron chi connectivity index (χ1n) is 9.42. The zero-order chi connectivity index (χ0) is 21.3. The Morgan fingerprint density at radius 1 is 0.714 bits per heavy atom. The lowest BCUT2D eigenvalue weighted by Gasteiger charge is -2.03. The van der Waals surface area contributed by atoms with Crippen LogP contribution in [0.3, 0.4) is 0 Å². The fourth-order valence-electron chi connectivity index (χ4n) is 2.13. The van der Waals surface area contributed by atoms with Gasteiger partial charge in [0.15, 0.2) is 0 Å². The van der Waals surface area contributed by atoms with Crippen molar-refractivity contribution in [1.82, 2.24) is 0 Å². The van der Waals surface area contributed by atoms with Gasteiger partial charge >= 0.3 is 7.82 Å². The van der Waals surface area contributed by atoms with Crippen LogP contribution in [0.25, 0.3) is 0 Å². The Kier molecular flexibility index (Phi) is 25.9. The van der Waals surface area contributed by atoms with Gasteiger partial charge in [-0.2, -0.15) is 0 Å². The quantitative estimate of drug-likeness (QED) is 0.0818. The van der Waals surface area contributed by atoms with Crippen LogP contribution in [-0.4, -0.2) is 21.3 Å². The highest BCUT2D eigenvalue weighted by Gasteiger charge is 2.00. The van der Waals surface area contributed by atoms with E-state index in [-0.39, 0.29) is 0 Å². The van der Waals surface area contributed by atoms with E-state index in [4.69, 9.17) is 19.2 Å². The number of rotatable bonds is 20. The molecule has 0 radical (unpaired) electrons. The topological polar surface area (TPSA) is 142 Å². The molecule has 0 aliphatic heterocycles. The van der Waals surface area contributed by atoms with Crippen molar-refractivity contribution in [3.05, 3.63) is 12.8 Å². The van der Waals surface area contributed by atoms with Crippen molar-refractivity contribution in [3.63, 3.8) is 0 Å². The summed E-state index contributed by atoms with van der Waals surface area (Å²) in [4.78, 5) is 30.4. The molecule has 0 fully saturated rings. The Morgan fingerprint density at radius 3 is 1.57 bits per heavy atom. The second-order valence-corrected chi connectivity index (χ2v) is 6.85. The molecule has 0 aromatic rings. The summed E-state index contributed by atoms with van der Waals surface area (Å²) < 4.78 is 8.88. The highest BCUT2D eigenvalue weighted by Crippen LogP contribution is 2.25. The van der Waals surface area contributed by atoms with Gasteiger partial charge in [0.2, 0.25) is 0 Å². The molecule has 11 nitrogen and oxygen atoms in total. The van der Waals surface area contributed by atoms with E-state index < -0.39 is 7.82 Å². The summed E-state index contributed by atoms with van der Waals surface area (Å²) in [5.41, 5.74) is 0. The van der Waals surface area contributed by atoms with E-state index in [0.29, 0.717) is 6.61 Å². The smallest absolute Gasteiger partial charge is 0.315 e. The van der Waals surface area contributed by atoms with Crippen molar-refractivity contribution in [1.29, 1.82) is 0 Å². The fourth-order valence-corrected chi connectivity index (χ4v) is 2.13. The van der Waals surface area contributed by atoms with Crippen molar-refractivity contribution in [3.8, 4) is 0 Å². The van der Waals surface area contributed by atoms with Crippen LogP contribution in [0.1, 0.15) is 84.0 Å². The molecule has 0 aliphatic rings. The van der Waals surface area contributed by atoms with Crippen LogP contribution in [0.5, 0.6) is 0 Å². The maximum Gasteiger partial charge on any atom is 0.466 e. The molecule has 0 heterocycles. The maximum absolute atomic E-state index is 8.88. The predicted octanol–water partition coefficient (Wildman–Crippen LogP) is 4.51. The lowest BCUT2D eigenvalue weighted by molar-refractivity contribution is -0.786. The summed E-state index contributed by atoms with van der Waals surface area (Å²) in [6.45, 7) is 5.87. The van der Waals surface area contributed by atoms with E-state index in [1.54, 1.807) is 0 Å². The molecule has 0 saturated heterocycles. The molecule has 0 spiro atoms. The van der Waals surface area contributed by atoms with Crippen LogP contribution in [0.15, 0.2) is 12.8 Å². The Bertz CT molecular complexity index is 343. The molecule has 12 heteroatoms. The molecular weight excluding hydrogens is 399 g/mol. The fraction of sp³-hybridized carbons (Fsp3) is 0.875. The van der Waals surface area contributed by atoms with Crippen molar-refractivity contribution < 1.29 is 54.2 Å². The summed E-state index contributed by atoms with van der Waals surface area (Å²) in [6.07, 6.45) is 16.4. The number of phosphoric acid groups is 1. The molecule has 0 aromatic heterocycles. The molecule has 0 rings (SSSR count). The second kappa shape index (κ2) is 24.4. The van der Waals surface area contributed by atoms with Crippen LogP contribution in [0.2, 0.25) is 0 Å². The summed E-state index contributed by atoms with van der Waals surface area (Å²) in [5, 5.41) is 19.9. The SMILES string of the molecule is C=COOOOOOOCCCCCCCCCCCCCC.O=P(O)(O)O. The molecule has 0 bridgehead atoms. The summed E-state index contributed by atoms with van der Waals surface area (Å²) in [7, 11) is -4.64. The van der Waals surface area contributed by atoms with Gasteiger partial charge in [-0.3, -0.25) is 0 Å². The predicted molar refractivity (Wildman–Crippen MR) is 98.0 cm³/mol. The van der Waals surface area contributed by atoms with Crippen LogP contribution in [0.4, 0.5) is 0 Å². The minimum Gasteiger partial charge on any atom is -0.315 e. The average molecular weight is 434 g/mol. The van der Waals surface area contributed by atoms with Gasteiger partial charge in [-0.05, 0) is 16.5 Å². The maximum atomic E-state index is 8.88. The Labute approximate surface area is 166 Å². The summed E-state index contributed by atoms with van der Waals surface area (Å²) >= 11 is 0. The van der Waals surface area contributed by atoms with E-state index in [1.165, 1.54) is 64.2 Å². The van der Waals surface area contributed by atoms with Crippen LogP contribution in [-0.2, 0) is 39.5 Å². The third-order valence-corrected chi connectivity index (χ3v) is 3.35. The van der Waals surface area contributed by atoms with E-state index in [2.05, 4.69) is 48.5 Å². The lowest BCUT2D eigenvalue weighted by atomic mass is 10.1. The molecule has 3 N–H and O–H groups in total. The Morgan fingerprint density at radius 2 is 1.11 bits per heavy atom. The molecular formula is C16H35O11P. The van der Waals surface area contributed by atoms with Crippen molar-refractivity contribution in [2.45, 2.75) is 84.0 Å². The normalized spacial score (nSPS) is 11.0. The largest absolute Gasteiger partial charge is 0.466 e. The van der Waals surface area contributed by atoms with Crippen LogP contribution < -0.4 is 0 Å². The first-order chi connectivity index (χ1) is 13.4. The third kappa shape index (κ3) is 40.2.